The van der Waals surface area contributed by atoms with E-state index in [1.54, 1.807) is 14.0 Å². The van der Waals surface area contributed by atoms with Crippen LogP contribution < -0.4 is 11.1 Å². The van der Waals surface area contributed by atoms with Crippen molar-refractivity contribution in [1.82, 2.24) is 9.78 Å². The molecule has 0 aromatic carbocycles. The number of rotatable bonds is 7. The molecule has 100 valence electrons. The molecule has 0 spiro atoms. The molecule has 1 heterocycles. The second-order valence-corrected chi connectivity index (χ2v) is 4.01. The average molecular weight is 255 g/mol. The monoisotopic (exact) mass is 255 g/mol. The summed E-state index contributed by atoms with van der Waals surface area (Å²) in [5.74, 6) is 0.0499. The number of hydrogen-bond acceptors (Lipinski definition) is 5. The lowest BCUT2D eigenvalue weighted by atomic mass is 10.2. The Morgan fingerprint density at radius 2 is 2.22 bits per heavy atom. The first-order chi connectivity index (χ1) is 8.43. The van der Waals surface area contributed by atoms with E-state index < -0.39 is 4.92 Å². The molecule has 0 saturated carbocycles. The van der Waals surface area contributed by atoms with Gasteiger partial charge in [0.2, 0.25) is 11.7 Å². The Hall–Kier alpha value is -2.12. The van der Waals surface area contributed by atoms with Crippen molar-refractivity contribution in [2.75, 3.05) is 11.9 Å². The molecule has 18 heavy (non-hydrogen) atoms. The Morgan fingerprint density at radius 1 is 1.56 bits per heavy atom. The van der Waals surface area contributed by atoms with E-state index in [4.69, 9.17) is 5.73 Å². The molecule has 8 heteroatoms. The fourth-order valence-electron chi connectivity index (χ4n) is 1.69. The van der Waals surface area contributed by atoms with E-state index in [1.165, 1.54) is 4.68 Å². The van der Waals surface area contributed by atoms with Crippen LogP contribution in [0.1, 0.15) is 25.0 Å². The lowest BCUT2D eigenvalue weighted by Crippen LogP contribution is -2.12. The van der Waals surface area contributed by atoms with Gasteiger partial charge in [0, 0.05) is 20.0 Å². The van der Waals surface area contributed by atoms with E-state index in [2.05, 4.69) is 10.4 Å². The van der Waals surface area contributed by atoms with Gasteiger partial charge in [-0.1, -0.05) is 0 Å². The average Bonchev–Trinajstić information content (AvgIpc) is 2.52. The molecule has 1 rings (SSSR count). The minimum Gasteiger partial charge on any atom is -0.370 e. The first-order valence-electron chi connectivity index (χ1n) is 5.63. The van der Waals surface area contributed by atoms with Crippen molar-refractivity contribution in [2.24, 2.45) is 12.8 Å². The molecule has 1 aromatic heterocycles. The largest absolute Gasteiger partial charge is 0.370 e. The van der Waals surface area contributed by atoms with Gasteiger partial charge >= 0.3 is 5.69 Å². The number of unbranched alkanes of at least 4 members (excludes halogenated alkanes) is 1. The van der Waals surface area contributed by atoms with E-state index in [0.29, 0.717) is 37.3 Å². The number of primary amides is 1. The zero-order valence-electron chi connectivity index (χ0n) is 10.5. The number of nitrogens with zero attached hydrogens (tertiary/aromatic N) is 3. The zero-order chi connectivity index (χ0) is 13.7. The maximum atomic E-state index is 10.9. The number of nitro groups is 1. The van der Waals surface area contributed by atoms with E-state index in [9.17, 15) is 14.9 Å². The zero-order valence-corrected chi connectivity index (χ0v) is 10.5. The minimum atomic E-state index is -0.450. The van der Waals surface area contributed by atoms with Crippen LogP contribution >= 0.6 is 0 Å². The SMILES string of the molecule is Cc1nn(C)c(NCCCCC(N)=O)c1[N+](=O)[O-]. The summed E-state index contributed by atoms with van der Waals surface area (Å²) in [7, 11) is 1.64. The summed E-state index contributed by atoms with van der Waals surface area (Å²) in [6, 6.07) is 0. The van der Waals surface area contributed by atoms with Crippen LogP contribution in [0, 0.1) is 17.0 Å². The lowest BCUT2D eigenvalue weighted by Gasteiger charge is -2.05. The van der Waals surface area contributed by atoms with E-state index in [-0.39, 0.29) is 11.6 Å². The molecule has 0 unspecified atom stereocenters. The number of nitrogens with two attached hydrogens (primary N) is 1. The summed E-state index contributed by atoms with van der Waals surface area (Å²) in [6.07, 6.45) is 1.70. The maximum Gasteiger partial charge on any atom is 0.333 e. The highest BCUT2D eigenvalue weighted by molar-refractivity contribution is 5.73. The van der Waals surface area contributed by atoms with Gasteiger partial charge in [0.15, 0.2) is 0 Å². The van der Waals surface area contributed by atoms with E-state index in [0.717, 1.165) is 0 Å². The minimum absolute atomic E-state index is 0.00704. The molecule has 0 atom stereocenters. The lowest BCUT2D eigenvalue weighted by molar-refractivity contribution is -0.384. The quantitative estimate of drug-likeness (QED) is 0.422. The fourth-order valence-corrected chi connectivity index (χ4v) is 1.69. The highest BCUT2D eigenvalue weighted by atomic mass is 16.6. The Balaban J connectivity index is 2.56. The normalized spacial score (nSPS) is 10.3. The predicted molar refractivity (Wildman–Crippen MR) is 66.1 cm³/mol. The third-order valence-corrected chi connectivity index (χ3v) is 2.52. The number of carbonyl (C=O) groups is 1. The van der Waals surface area contributed by atoms with Crippen LogP contribution in [0.25, 0.3) is 0 Å². The Bertz CT molecular complexity index is 455. The van der Waals surface area contributed by atoms with Crippen molar-refractivity contribution >= 4 is 17.4 Å². The van der Waals surface area contributed by atoms with Gasteiger partial charge in [0.1, 0.15) is 5.69 Å². The summed E-state index contributed by atoms with van der Waals surface area (Å²) in [5.41, 5.74) is 5.38. The van der Waals surface area contributed by atoms with E-state index >= 15 is 0 Å². The van der Waals surface area contributed by atoms with Crippen molar-refractivity contribution in [2.45, 2.75) is 26.2 Å². The van der Waals surface area contributed by atoms with Crippen LogP contribution in [-0.4, -0.2) is 27.2 Å². The second-order valence-electron chi connectivity index (χ2n) is 4.01. The fraction of sp³-hybridized carbons (Fsp3) is 0.600. The molecule has 0 bridgehead atoms. The topological polar surface area (TPSA) is 116 Å². The van der Waals surface area contributed by atoms with Crippen LogP contribution in [0.5, 0.6) is 0 Å². The van der Waals surface area contributed by atoms with Gasteiger partial charge in [0.05, 0.1) is 4.92 Å². The molecule has 1 aromatic rings. The number of aromatic nitrogens is 2. The summed E-state index contributed by atoms with van der Waals surface area (Å²) >= 11 is 0. The van der Waals surface area contributed by atoms with Crippen LogP contribution in [-0.2, 0) is 11.8 Å². The molecule has 0 saturated heterocycles. The number of carbonyl (C=O) groups excluding carboxylic acids is 1. The van der Waals surface area contributed by atoms with Gasteiger partial charge in [-0.05, 0) is 19.8 Å². The van der Waals surface area contributed by atoms with E-state index in [1.807, 2.05) is 0 Å². The first-order valence-corrected chi connectivity index (χ1v) is 5.63. The third-order valence-electron chi connectivity index (χ3n) is 2.52. The Morgan fingerprint density at radius 3 is 2.78 bits per heavy atom. The number of anilines is 1. The molecular formula is C10H17N5O3. The standard InChI is InChI=1S/C10H17N5O3/c1-7-9(15(17)18)10(14(2)13-7)12-6-4-3-5-8(11)16/h12H,3-6H2,1-2H3,(H2,11,16). The molecule has 8 nitrogen and oxygen atoms in total. The molecule has 0 fully saturated rings. The van der Waals surface area contributed by atoms with Crippen LogP contribution in [0.15, 0.2) is 0 Å². The summed E-state index contributed by atoms with van der Waals surface area (Å²) in [5, 5.41) is 17.8. The molecule has 0 aliphatic heterocycles. The van der Waals surface area contributed by atoms with Crippen molar-refractivity contribution in [3.05, 3.63) is 15.8 Å². The predicted octanol–water partition coefficient (Wildman–Crippen LogP) is 0.704. The number of hydrogen-bond donors (Lipinski definition) is 2. The van der Waals surface area contributed by atoms with Crippen LogP contribution in [0.2, 0.25) is 0 Å². The Labute approximate surface area is 104 Å². The summed E-state index contributed by atoms with van der Waals surface area (Å²) in [4.78, 5) is 21.0. The van der Waals surface area contributed by atoms with Gasteiger partial charge in [-0.15, -0.1) is 0 Å². The molecule has 1 amide bonds. The number of aryl methyl sites for hydroxylation is 2. The second kappa shape index (κ2) is 5.99. The van der Waals surface area contributed by atoms with Crippen LogP contribution in [0.3, 0.4) is 0 Å². The van der Waals surface area contributed by atoms with Crippen LogP contribution in [0.4, 0.5) is 11.5 Å². The smallest absolute Gasteiger partial charge is 0.333 e. The highest BCUT2D eigenvalue weighted by Crippen LogP contribution is 2.27. The summed E-state index contributed by atoms with van der Waals surface area (Å²) in [6.45, 7) is 2.13. The van der Waals surface area contributed by atoms with Gasteiger partial charge < -0.3 is 11.1 Å². The molecule has 0 radical (unpaired) electrons. The molecule has 0 aliphatic carbocycles. The molecule has 0 aliphatic rings. The van der Waals surface area contributed by atoms with Crippen molar-refractivity contribution in [3.63, 3.8) is 0 Å². The van der Waals surface area contributed by atoms with Gasteiger partial charge in [-0.25, -0.2) is 4.68 Å². The Kier molecular flexibility index (Phi) is 4.64. The number of amides is 1. The first kappa shape index (κ1) is 13.9. The van der Waals surface area contributed by atoms with Crippen molar-refractivity contribution < 1.29 is 9.72 Å². The van der Waals surface area contributed by atoms with Gasteiger partial charge in [-0.3, -0.25) is 14.9 Å². The summed E-state index contributed by atoms with van der Waals surface area (Å²) < 4.78 is 1.45. The molecular weight excluding hydrogens is 238 g/mol. The molecule has 3 N–H and O–H groups in total. The van der Waals surface area contributed by atoms with Crippen molar-refractivity contribution in [1.29, 1.82) is 0 Å². The van der Waals surface area contributed by atoms with Gasteiger partial charge in [-0.2, -0.15) is 5.10 Å². The number of nitrogens with one attached hydrogen (secondary N) is 1. The van der Waals surface area contributed by atoms with Crippen molar-refractivity contribution in [3.8, 4) is 0 Å². The highest BCUT2D eigenvalue weighted by Gasteiger charge is 2.23. The maximum absolute atomic E-state index is 10.9. The van der Waals surface area contributed by atoms with Gasteiger partial charge in [0.25, 0.3) is 0 Å². The third kappa shape index (κ3) is 3.44.